The number of aliphatic carboxylic acids is 1. The van der Waals surface area contributed by atoms with Crippen molar-refractivity contribution in [2.75, 3.05) is 41.0 Å². The van der Waals surface area contributed by atoms with E-state index >= 15 is 0 Å². The number of likely N-dealkylation sites (N-methyl/N-ethyl adjacent to an activating group) is 1. The summed E-state index contributed by atoms with van der Waals surface area (Å²) in [6.07, 6.45) is 50.8. The van der Waals surface area contributed by atoms with Gasteiger partial charge in [0.1, 0.15) is 6.61 Å². The van der Waals surface area contributed by atoms with Crippen molar-refractivity contribution in [2.24, 2.45) is 0 Å². The number of hydrogen-bond donors (Lipinski definition) is 1. The van der Waals surface area contributed by atoms with E-state index in [0.717, 1.165) is 38.5 Å². The number of rotatable bonds is 47. The number of carboxylic acids is 1. The molecule has 0 fully saturated rings. The van der Waals surface area contributed by atoms with Crippen molar-refractivity contribution in [2.45, 2.75) is 257 Å². The van der Waals surface area contributed by atoms with Crippen molar-refractivity contribution in [3.63, 3.8) is 0 Å². The van der Waals surface area contributed by atoms with Crippen LogP contribution in [-0.4, -0.2) is 80.6 Å². The zero-order chi connectivity index (χ0) is 44.9. The molecule has 0 aromatic carbocycles. The van der Waals surface area contributed by atoms with Crippen LogP contribution < -0.4 is 0 Å². The molecular weight excluding hydrogens is 763 g/mol. The lowest BCUT2D eigenvalue weighted by Crippen LogP contribution is -2.50. The zero-order valence-corrected chi connectivity index (χ0v) is 40.9. The molecule has 8 nitrogen and oxygen atoms in total. The molecule has 8 heteroatoms. The first-order chi connectivity index (χ1) is 29.6. The molecule has 0 aromatic heterocycles. The van der Waals surface area contributed by atoms with Crippen molar-refractivity contribution >= 4 is 17.9 Å². The minimum atomic E-state index is -0.874. The summed E-state index contributed by atoms with van der Waals surface area (Å²) in [6, 6.07) is -0.614. The van der Waals surface area contributed by atoms with Crippen molar-refractivity contribution in [1.29, 1.82) is 0 Å². The number of carbonyl (C=O) groups is 3. The summed E-state index contributed by atoms with van der Waals surface area (Å²) in [4.78, 5) is 37.1. The lowest BCUT2D eigenvalue weighted by molar-refractivity contribution is -0.887. The molecule has 0 aliphatic rings. The molecule has 358 valence electrons. The molecule has 0 rings (SSSR count). The van der Waals surface area contributed by atoms with Crippen molar-refractivity contribution in [3.8, 4) is 0 Å². The minimum absolute atomic E-state index is 0.0515. The average Bonchev–Trinajstić information content (AvgIpc) is 3.22. The maximum Gasteiger partial charge on any atom is 0.362 e. The van der Waals surface area contributed by atoms with Gasteiger partial charge in [-0.3, -0.25) is 9.59 Å². The molecule has 0 amide bonds. The number of allylic oxidation sites excluding steroid dienone is 4. The fourth-order valence-corrected chi connectivity index (χ4v) is 7.79. The van der Waals surface area contributed by atoms with Gasteiger partial charge in [0.25, 0.3) is 0 Å². The number of hydrogen-bond acceptors (Lipinski definition) is 6. The summed E-state index contributed by atoms with van der Waals surface area (Å²) >= 11 is 0. The molecule has 0 saturated carbocycles. The number of ether oxygens (including phenoxy) is 3. The summed E-state index contributed by atoms with van der Waals surface area (Å²) in [6.45, 7) is 4.75. The second kappa shape index (κ2) is 44.4. The van der Waals surface area contributed by atoms with E-state index in [1.54, 1.807) is 0 Å². The first kappa shape index (κ1) is 58.8. The van der Waals surface area contributed by atoms with Crippen LogP contribution in [0.5, 0.6) is 0 Å². The molecule has 1 N–H and O–H groups in total. The third-order valence-electron chi connectivity index (χ3n) is 11.8. The van der Waals surface area contributed by atoms with E-state index in [4.69, 9.17) is 14.2 Å². The number of carboxylic acid groups (broad SMARTS) is 1. The van der Waals surface area contributed by atoms with E-state index in [0.29, 0.717) is 19.3 Å². The number of unbranched alkanes of at least 4 members (excludes halogenated alkanes) is 29. The maximum atomic E-state index is 12.8. The van der Waals surface area contributed by atoms with Gasteiger partial charge >= 0.3 is 17.9 Å². The van der Waals surface area contributed by atoms with Crippen LogP contribution in [0.1, 0.15) is 245 Å². The molecule has 0 saturated heterocycles. The van der Waals surface area contributed by atoms with Crippen molar-refractivity contribution in [1.82, 2.24) is 0 Å². The molecule has 0 spiro atoms. The van der Waals surface area contributed by atoms with Gasteiger partial charge in [-0.2, -0.15) is 0 Å². The van der Waals surface area contributed by atoms with Gasteiger partial charge in [0.2, 0.25) is 0 Å². The van der Waals surface area contributed by atoms with Crippen molar-refractivity contribution in [3.05, 3.63) is 24.3 Å². The van der Waals surface area contributed by atoms with E-state index in [2.05, 4.69) is 38.2 Å². The topological polar surface area (TPSA) is 99.1 Å². The molecule has 0 bridgehead atoms. The molecular formula is C53H100NO7+. The highest BCUT2D eigenvalue weighted by atomic mass is 16.6. The Morgan fingerprint density at radius 2 is 0.820 bits per heavy atom. The Hall–Kier alpha value is -2.19. The highest BCUT2D eigenvalue weighted by molar-refractivity contribution is 5.72. The van der Waals surface area contributed by atoms with Crippen molar-refractivity contribution < 1.29 is 38.2 Å². The Balaban J connectivity index is 4.20. The van der Waals surface area contributed by atoms with Gasteiger partial charge in [-0.1, -0.05) is 186 Å². The summed E-state index contributed by atoms with van der Waals surface area (Å²) < 4.78 is 17.3. The summed E-state index contributed by atoms with van der Waals surface area (Å²) in [5.74, 6) is -1.46. The SMILES string of the molecule is CCCCCC/C=C/CCCCCCCCCC(=O)OC(COCCC(C(=O)O)[N+](C)(C)C)COC(=O)CCCCCCCCC/C=C/CCCCCCCCCCCCC. The first-order valence-corrected chi connectivity index (χ1v) is 25.9. The Labute approximate surface area is 377 Å². The van der Waals surface area contributed by atoms with E-state index < -0.39 is 18.1 Å². The number of nitrogens with zero attached hydrogens (tertiary/aromatic N) is 1. The van der Waals surface area contributed by atoms with Gasteiger partial charge in [-0.25, -0.2) is 4.79 Å². The van der Waals surface area contributed by atoms with Crippen LogP contribution in [0.3, 0.4) is 0 Å². The number of quaternary nitrogens is 1. The Morgan fingerprint density at radius 1 is 0.475 bits per heavy atom. The van der Waals surface area contributed by atoms with Crippen LogP contribution in [-0.2, 0) is 28.6 Å². The highest BCUT2D eigenvalue weighted by Gasteiger charge is 2.31. The number of carbonyl (C=O) groups excluding carboxylic acids is 2. The monoisotopic (exact) mass is 863 g/mol. The predicted molar refractivity (Wildman–Crippen MR) is 257 cm³/mol. The Bertz CT molecular complexity index is 1050. The maximum absolute atomic E-state index is 12.8. The van der Waals surface area contributed by atoms with Crippen LogP contribution in [0, 0.1) is 0 Å². The second-order valence-electron chi connectivity index (χ2n) is 18.8. The average molecular weight is 863 g/mol. The first-order valence-electron chi connectivity index (χ1n) is 25.9. The van der Waals surface area contributed by atoms with E-state index in [9.17, 15) is 19.5 Å². The van der Waals surface area contributed by atoms with Crippen LogP contribution in [0.2, 0.25) is 0 Å². The molecule has 61 heavy (non-hydrogen) atoms. The molecule has 2 atom stereocenters. The second-order valence-corrected chi connectivity index (χ2v) is 18.8. The van der Waals surface area contributed by atoms with Crippen LogP contribution >= 0.6 is 0 Å². The Kier molecular flexibility index (Phi) is 42.8. The molecule has 0 aromatic rings. The van der Waals surface area contributed by atoms with Crippen LogP contribution in [0.4, 0.5) is 0 Å². The van der Waals surface area contributed by atoms with Gasteiger partial charge in [0.15, 0.2) is 12.1 Å². The Morgan fingerprint density at radius 3 is 1.20 bits per heavy atom. The molecule has 0 radical (unpaired) electrons. The van der Waals surface area contributed by atoms with Gasteiger partial charge in [0, 0.05) is 19.3 Å². The van der Waals surface area contributed by atoms with Gasteiger partial charge in [-0.05, 0) is 64.2 Å². The summed E-state index contributed by atoms with van der Waals surface area (Å²) in [7, 11) is 5.54. The normalized spacial score (nSPS) is 13.0. The van der Waals surface area contributed by atoms with E-state index in [1.807, 2.05) is 21.1 Å². The minimum Gasteiger partial charge on any atom is -0.477 e. The quantitative estimate of drug-likeness (QED) is 0.0281. The third-order valence-corrected chi connectivity index (χ3v) is 11.8. The van der Waals surface area contributed by atoms with E-state index in [-0.39, 0.29) is 36.2 Å². The summed E-state index contributed by atoms with van der Waals surface area (Å²) in [5, 5.41) is 9.65. The lowest BCUT2D eigenvalue weighted by atomic mass is 10.0. The molecule has 2 unspecified atom stereocenters. The van der Waals surface area contributed by atoms with Crippen LogP contribution in [0.15, 0.2) is 24.3 Å². The summed E-state index contributed by atoms with van der Waals surface area (Å²) in [5.41, 5.74) is 0. The van der Waals surface area contributed by atoms with Gasteiger partial charge in [0.05, 0.1) is 34.4 Å². The smallest absolute Gasteiger partial charge is 0.362 e. The molecule has 0 aliphatic heterocycles. The highest BCUT2D eigenvalue weighted by Crippen LogP contribution is 2.16. The van der Waals surface area contributed by atoms with Gasteiger partial charge in [-0.15, -0.1) is 0 Å². The third kappa shape index (κ3) is 42.9. The fourth-order valence-electron chi connectivity index (χ4n) is 7.79. The standard InChI is InChI=1S/C53H99NO7/c1-6-8-10-12-14-16-18-20-22-23-24-25-26-27-28-30-31-33-35-37-39-41-43-51(55)60-48-49(47-59-46-45-50(53(57)58)54(3,4)5)61-52(56)44-42-40-38-36-34-32-29-21-19-17-15-13-11-9-7-2/h17,19,26-27,49-50H,6-16,18,20-25,28-48H2,1-5H3/p+1/b19-17+,27-26+. The fraction of sp³-hybridized carbons (Fsp3) is 0.868. The lowest BCUT2D eigenvalue weighted by Gasteiger charge is -2.31. The zero-order valence-electron chi connectivity index (χ0n) is 40.9. The van der Waals surface area contributed by atoms with E-state index in [1.165, 1.54) is 173 Å². The predicted octanol–water partition coefficient (Wildman–Crippen LogP) is 14.8. The van der Waals surface area contributed by atoms with Gasteiger partial charge < -0.3 is 23.8 Å². The largest absolute Gasteiger partial charge is 0.477 e. The molecule has 0 heterocycles. The molecule has 0 aliphatic carbocycles. The van der Waals surface area contributed by atoms with Crippen LogP contribution in [0.25, 0.3) is 0 Å². The number of esters is 2.